The number of nitrogens with zero attached hydrogens (tertiary/aromatic N) is 1. The van der Waals surface area contributed by atoms with E-state index in [1.54, 1.807) is 12.3 Å². The van der Waals surface area contributed by atoms with Crippen molar-refractivity contribution < 1.29 is 9.59 Å². The van der Waals surface area contributed by atoms with E-state index in [2.05, 4.69) is 10.9 Å². The standard InChI is InChI=1S/C17H21N3O3S2/c1-11-10-24-17(23)20(11)9-15(21)18-19-16(22)14-8-12-6-4-2-3-5-7-13(12)25-14/h8,10H,2-7,9H2,1H3,(H,18,21)(H,19,22). The lowest BCUT2D eigenvalue weighted by Crippen LogP contribution is -2.43. The lowest BCUT2D eigenvalue weighted by molar-refractivity contribution is -0.122. The third kappa shape index (κ3) is 4.38. The van der Waals surface area contributed by atoms with Gasteiger partial charge in [-0.3, -0.25) is 29.8 Å². The van der Waals surface area contributed by atoms with Crippen LogP contribution >= 0.6 is 22.7 Å². The molecule has 0 spiro atoms. The van der Waals surface area contributed by atoms with Gasteiger partial charge in [-0.1, -0.05) is 24.2 Å². The molecule has 8 heteroatoms. The van der Waals surface area contributed by atoms with Crippen molar-refractivity contribution in [1.82, 2.24) is 15.4 Å². The fourth-order valence-electron chi connectivity index (χ4n) is 2.92. The lowest BCUT2D eigenvalue weighted by atomic mass is 10.00. The molecule has 0 unspecified atom stereocenters. The Morgan fingerprint density at radius 1 is 1.16 bits per heavy atom. The molecule has 1 aliphatic rings. The average molecular weight is 380 g/mol. The molecule has 1 aliphatic carbocycles. The van der Waals surface area contributed by atoms with Gasteiger partial charge in [0, 0.05) is 16.0 Å². The molecule has 2 N–H and O–H groups in total. The second-order valence-electron chi connectivity index (χ2n) is 6.20. The first-order chi connectivity index (χ1) is 12.0. The largest absolute Gasteiger partial charge is 0.307 e. The molecular weight excluding hydrogens is 358 g/mol. The molecule has 0 saturated heterocycles. The zero-order valence-corrected chi connectivity index (χ0v) is 15.7. The maximum Gasteiger partial charge on any atom is 0.307 e. The van der Waals surface area contributed by atoms with Crippen LogP contribution in [0.5, 0.6) is 0 Å². The van der Waals surface area contributed by atoms with E-state index in [0.29, 0.717) is 4.88 Å². The van der Waals surface area contributed by atoms with Gasteiger partial charge in [0.2, 0.25) is 0 Å². The molecule has 25 heavy (non-hydrogen) atoms. The van der Waals surface area contributed by atoms with Gasteiger partial charge in [0.1, 0.15) is 6.54 Å². The molecule has 134 valence electrons. The maximum absolute atomic E-state index is 12.3. The van der Waals surface area contributed by atoms with Crippen molar-refractivity contribution in [2.45, 2.75) is 52.0 Å². The van der Waals surface area contributed by atoms with Crippen LogP contribution in [0.25, 0.3) is 0 Å². The molecular formula is C17H21N3O3S2. The highest BCUT2D eigenvalue weighted by atomic mass is 32.1. The zero-order chi connectivity index (χ0) is 17.8. The predicted octanol–water partition coefficient (Wildman–Crippen LogP) is 2.40. The molecule has 0 radical (unpaired) electrons. The second kappa shape index (κ2) is 7.97. The molecule has 0 aliphatic heterocycles. The summed E-state index contributed by atoms with van der Waals surface area (Å²) >= 11 is 2.57. The van der Waals surface area contributed by atoms with Crippen molar-refractivity contribution in [3.05, 3.63) is 42.1 Å². The van der Waals surface area contributed by atoms with Crippen molar-refractivity contribution in [2.24, 2.45) is 0 Å². The third-order valence-corrected chi connectivity index (χ3v) is 6.43. The molecule has 2 heterocycles. The van der Waals surface area contributed by atoms with Gasteiger partial charge in [0.05, 0.1) is 4.88 Å². The zero-order valence-electron chi connectivity index (χ0n) is 14.1. The molecule has 2 amide bonds. The number of thiazole rings is 1. The topological polar surface area (TPSA) is 80.2 Å². The van der Waals surface area contributed by atoms with E-state index in [0.717, 1.165) is 36.3 Å². The van der Waals surface area contributed by atoms with Gasteiger partial charge in [-0.25, -0.2) is 0 Å². The summed E-state index contributed by atoms with van der Waals surface area (Å²) in [6, 6.07) is 1.94. The molecule has 0 saturated carbocycles. The van der Waals surface area contributed by atoms with Gasteiger partial charge in [-0.15, -0.1) is 11.3 Å². The second-order valence-corrected chi connectivity index (χ2v) is 8.16. The van der Waals surface area contributed by atoms with E-state index in [1.807, 2.05) is 6.07 Å². The first kappa shape index (κ1) is 17.9. The van der Waals surface area contributed by atoms with Crippen LogP contribution in [-0.4, -0.2) is 16.4 Å². The van der Waals surface area contributed by atoms with E-state index in [1.165, 1.54) is 45.6 Å². The van der Waals surface area contributed by atoms with Gasteiger partial charge >= 0.3 is 4.87 Å². The molecule has 0 aromatic carbocycles. The van der Waals surface area contributed by atoms with Crippen LogP contribution in [0.1, 0.15) is 51.5 Å². The predicted molar refractivity (Wildman–Crippen MR) is 99.1 cm³/mol. The Labute approximate surface area is 153 Å². The van der Waals surface area contributed by atoms with E-state index in [-0.39, 0.29) is 17.3 Å². The Hall–Kier alpha value is -1.93. The van der Waals surface area contributed by atoms with Crippen molar-refractivity contribution in [3.8, 4) is 0 Å². The number of fused-ring (bicyclic) bond motifs is 1. The van der Waals surface area contributed by atoms with Crippen LogP contribution in [0.3, 0.4) is 0 Å². The summed E-state index contributed by atoms with van der Waals surface area (Å²) in [5.74, 6) is -0.730. The molecule has 0 bridgehead atoms. The monoisotopic (exact) mass is 379 g/mol. The fourth-order valence-corrected chi connectivity index (χ4v) is 4.81. The highest BCUT2D eigenvalue weighted by Gasteiger charge is 2.16. The number of carbonyl (C=O) groups excluding carboxylic acids is 2. The van der Waals surface area contributed by atoms with E-state index in [9.17, 15) is 14.4 Å². The van der Waals surface area contributed by atoms with Crippen LogP contribution in [0.2, 0.25) is 0 Å². The Balaban J connectivity index is 1.58. The minimum absolute atomic E-state index is 0.102. The van der Waals surface area contributed by atoms with Crippen molar-refractivity contribution in [2.75, 3.05) is 0 Å². The minimum atomic E-state index is -0.424. The Bertz CT molecular complexity index is 809. The molecule has 2 aromatic rings. The number of hydrazine groups is 1. The van der Waals surface area contributed by atoms with E-state index < -0.39 is 5.91 Å². The quantitative estimate of drug-likeness (QED) is 0.804. The van der Waals surface area contributed by atoms with Crippen LogP contribution in [0.4, 0.5) is 0 Å². The molecule has 2 aromatic heterocycles. The van der Waals surface area contributed by atoms with Crippen molar-refractivity contribution in [3.63, 3.8) is 0 Å². The maximum atomic E-state index is 12.3. The summed E-state index contributed by atoms with van der Waals surface area (Å²) in [7, 11) is 0. The highest BCUT2D eigenvalue weighted by Crippen LogP contribution is 2.28. The lowest BCUT2D eigenvalue weighted by Gasteiger charge is -2.07. The Kier molecular flexibility index (Phi) is 5.70. The summed E-state index contributed by atoms with van der Waals surface area (Å²) in [6.45, 7) is 1.67. The molecule has 3 rings (SSSR count). The van der Waals surface area contributed by atoms with Gasteiger partial charge in [0.25, 0.3) is 11.8 Å². The number of amides is 2. The summed E-state index contributed by atoms with van der Waals surface area (Å²) < 4.78 is 1.38. The van der Waals surface area contributed by atoms with Crippen LogP contribution in [0.15, 0.2) is 16.2 Å². The minimum Gasteiger partial charge on any atom is -0.294 e. The number of carbonyl (C=O) groups is 2. The molecule has 6 nitrogen and oxygen atoms in total. The summed E-state index contributed by atoms with van der Waals surface area (Å²) in [6.07, 6.45) is 6.87. The number of thiophene rings is 1. The van der Waals surface area contributed by atoms with Crippen LogP contribution in [0, 0.1) is 6.92 Å². The van der Waals surface area contributed by atoms with Crippen molar-refractivity contribution >= 4 is 34.5 Å². The smallest absolute Gasteiger partial charge is 0.294 e. The van der Waals surface area contributed by atoms with Gasteiger partial charge in [-0.2, -0.15) is 0 Å². The van der Waals surface area contributed by atoms with E-state index in [4.69, 9.17) is 0 Å². The first-order valence-corrected chi connectivity index (χ1v) is 10.1. The summed E-state index contributed by atoms with van der Waals surface area (Å²) in [5.41, 5.74) is 6.84. The number of aromatic nitrogens is 1. The van der Waals surface area contributed by atoms with Crippen LogP contribution < -0.4 is 15.7 Å². The summed E-state index contributed by atoms with van der Waals surface area (Å²) in [4.78, 5) is 37.6. The van der Waals surface area contributed by atoms with Gasteiger partial charge in [0.15, 0.2) is 0 Å². The average Bonchev–Trinajstić information content (AvgIpc) is 3.10. The number of rotatable bonds is 3. The number of nitrogens with one attached hydrogen (secondary N) is 2. The Morgan fingerprint density at radius 3 is 2.64 bits per heavy atom. The normalized spacial score (nSPS) is 14.3. The number of aryl methyl sites for hydroxylation is 3. The van der Waals surface area contributed by atoms with Gasteiger partial charge in [-0.05, 0) is 44.2 Å². The number of hydrogen-bond acceptors (Lipinski definition) is 5. The number of hydrogen-bond donors (Lipinski definition) is 2. The molecule has 0 fully saturated rings. The SMILES string of the molecule is Cc1csc(=O)n1CC(=O)NNC(=O)c1cc2c(s1)CCCCCC2. The fraction of sp³-hybridized carbons (Fsp3) is 0.471. The third-order valence-electron chi connectivity index (χ3n) is 4.31. The first-order valence-electron chi connectivity index (χ1n) is 8.40. The van der Waals surface area contributed by atoms with Gasteiger partial charge < -0.3 is 0 Å². The van der Waals surface area contributed by atoms with E-state index >= 15 is 0 Å². The van der Waals surface area contributed by atoms with Crippen molar-refractivity contribution in [1.29, 1.82) is 0 Å². The Morgan fingerprint density at radius 2 is 1.92 bits per heavy atom. The molecule has 0 atom stereocenters. The van der Waals surface area contributed by atoms with Crippen LogP contribution in [-0.2, 0) is 24.2 Å². The highest BCUT2D eigenvalue weighted by molar-refractivity contribution is 7.14. The summed E-state index contributed by atoms with van der Waals surface area (Å²) in [5, 5.41) is 1.70.